The number of anilines is 2. The molecule has 3 heterocycles. The summed E-state index contributed by atoms with van der Waals surface area (Å²) in [7, 11) is 0. The van der Waals surface area contributed by atoms with Crippen molar-refractivity contribution in [3.05, 3.63) is 46.4 Å². The molecule has 0 atom stereocenters. The van der Waals surface area contributed by atoms with Gasteiger partial charge in [-0.05, 0) is 58.1 Å². The summed E-state index contributed by atoms with van der Waals surface area (Å²) in [6.07, 6.45) is 4.63. The molecule has 0 amide bonds. The molecule has 0 N–H and O–H groups in total. The van der Waals surface area contributed by atoms with Crippen LogP contribution in [-0.2, 0) is 12.8 Å². The number of piperazine rings is 1. The van der Waals surface area contributed by atoms with E-state index in [-0.39, 0.29) is 0 Å². The molecule has 1 saturated heterocycles. The van der Waals surface area contributed by atoms with E-state index in [9.17, 15) is 0 Å². The minimum Gasteiger partial charge on any atom is -0.368 e. The minimum atomic E-state index is 0.755. The summed E-state index contributed by atoms with van der Waals surface area (Å²) < 4.78 is 1.99. The molecule has 3 aromatic rings. The van der Waals surface area contributed by atoms with E-state index in [0.29, 0.717) is 0 Å². The van der Waals surface area contributed by atoms with E-state index in [1.807, 2.05) is 11.4 Å². The lowest BCUT2D eigenvalue weighted by molar-refractivity contribution is 0.614. The maximum Gasteiger partial charge on any atom is 0.254 e. The van der Waals surface area contributed by atoms with Gasteiger partial charge in [-0.25, -0.2) is 4.98 Å². The molecule has 28 heavy (non-hydrogen) atoms. The SMILES string of the molecule is Cc1ccc(N2CCN(c3c4c(nc5nc(C)nn35)CCCC4)CC2)c(C)c1. The Bertz CT molecular complexity index is 1030. The van der Waals surface area contributed by atoms with Gasteiger partial charge in [0.15, 0.2) is 0 Å². The van der Waals surface area contributed by atoms with Crippen molar-refractivity contribution in [3.63, 3.8) is 0 Å². The number of aryl methyl sites for hydroxylation is 4. The van der Waals surface area contributed by atoms with Crippen LogP contribution in [0.3, 0.4) is 0 Å². The predicted molar refractivity (Wildman–Crippen MR) is 113 cm³/mol. The lowest BCUT2D eigenvalue weighted by atomic mass is 9.96. The molecule has 0 unspecified atom stereocenters. The van der Waals surface area contributed by atoms with E-state index in [4.69, 9.17) is 4.98 Å². The molecule has 0 saturated carbocycles. The molecule has 6 nitrogen and oxygen atoms in total. The molecule has 2 aromatic heterocycles. The topological polar surface area (TPSA) is 49.6 Å². The highest BCUT2D eigenvalue weighted by Crippen LogP contribution is 2.31. The lowest BCUT2D eigenvalue weighted by Gasteiger charge is -2.39. The van der Waals surface area contributed by atoms with Gasteiger partial charge in [0.1, 0.15) is 11.6 Å². The third kappa shape index (κ3) is 2.91. The number of hydrogen-bond donors (Lipinski definition) is 0. The van der Waals surface area contributed by atoms with Crippen molar-refractivity contribution in [2.24, 2.45) is 0 Å². The first-order valence-electron chi connectivity index (χ1n) is 10.4. The van der Waals surface area contributed by atoms with Gasteiger partial charge in [-0.1, -0.05) is 17.7 Å². The average molecular weight is 377 g/mol. The van der Waals surface area contributed by atoms with Gasteiger partial charge in [0.05, 0.1) is 5.69 Å². The van der Waals surface area contributed by atoms with Crippen LogP contribution in [0.25, 0.3) is 5.78 Å². The van der Waals surface area contributed by atoms with Crippen LogP contribution in [0.15, 0.2) is 18.2 Å². The van der Waals surface area contributed by atoms with Crippen molar-refractivity contribution in [1.82, 2.24) is 19.6 Å². The van der Waals surface area contributed by atoms with Gasteiger partial charge < -0.3 is 9.80 Å². The van der Waals surface area contributed by atoms with Crippen molar-refractivity contribution in [1.29, 1.82) is 0 Å². The molecule has 0 spiro atoms. The zero-order chi connectivity index (χ0) is 19.3. The van der Waals surface area contributed by atoms with Gasteiger partial charge >= 0.3 is 0 Å². The third-order valence-electron chi connectivity index (χ3n) is 6.11. The number of aromatic nitrogens is 4. The number of rotatable bonds is 2. The Morgan fingerprint density at radius 3 is 2.39 bits per heavy atom. The van der Waals surface area contributed by atoms with Gasteiger partial charge in [0.25, 0.3) is 5.78 Å². The van der Waals surface area contributed by atoms with Gasteiger partial charge in [-0.15, -0.1) is 5.10 Å². The van der Waals surface area contributed by atoms with Crippen LogP contribution in [-0.4, -0.2) is 45.8 Å². The fourth-order valence-electron chi connectivity index (χ4n) is 4.76. The molecule has 1 aromatic carbocycles. The monoisotopic (exact) mass is 376 g/mol. The van der Waals surface area contributed by atoms with E-state index in [2.05, 4.69) is 51.9 Å². The lowest BCUT2D eigenvalue weighted by Crippen LogP contribution is -2.48. The van der Waals surface area contributed by atoms with E-state index in [1.54, 1.807) is 0 Å². The normalized spacial score (nSPS) is 17.2. The molecule has 1 fully saturated rings. The van der Waals surface area contributed by atoms with Crippen LogP contribution in [0.5, 0.6) is 0 Å². The Kier molecular flexibility index (Phi) is 4.22. The van der Waals surface area contributed by atoms with E-state index in [0.717, 1.165) is 50.6 Å². The Morgan fingerprint density at radius 1 is 0.857 bits per heavy atom. The van der Waals surface area contributed by atoms with Gasteiger partial charge in [-0.3, -0.25) is 0 Å². The molecule has 0 bridgehead atoms. The van der Waals surface area contributed by atoms with Crippen molar-refractivity contribution >= 4 is 17.3 Å². The predicted octanol–water partition coefficient (Wildman–Crippen LogP) is 3.25. The Morgan fingerprint density at radius 2 is 1.61 bits per heavy atom. The second kappa shape index (κ2) is 6.76. The second-order valence-electron chi connectivity index (χ2n) is 8.20. The van der Waals surface area contributed by atoms with Gasteiger partial charge in [0.2, 0.25) is 0 Å². The molecule has 146 valence electrons. The third-order valence-corrected chi connectivity index (χ3v) is 6.11. The zero-order valence-electron chi connectivity index (χ0n) is 17.1. The van der Waals surface area contributed by atoms with Crippen molar-refractivity contribution in [2.75, 3.05) is 36.0 Å². The second-order valence-corrected chi connectivity index (χ2v) is 8.20. The molecular weight excluding hydrogens is 348 g/mol. The van der Waals surface area contributed by atoms with Crippen LogP contribution < -0.4 is 9.80 Å². The van der Waals surface area contributed by atoms with Gasteiger partial charge in [-0.2, -0.15) is 9.50 Å². The minimum absolute atomic E-state index is 0.755. The summed E-state index contributed by atoms with van der Waals surface area (Å²) in [4.78, 5) is 14.4. The fraction of sp³-hybridized carbons (Fsp3) is 0.500. The number of benzene rings is 1. The average Bonchev–Trinajstić information content (AvgIpc) is 3.06. The summed E-state index contributed by atoms with van der Waals surface area (Å²) in [6, 6.07) is 6.77. The maximum absolute atomic E-state index is 4.83. The maximum atomic E-state index is 4.83. The van der Waals surface area contributed by atoms with E-state index >= 15 is 0 Å². The number of fused-ring (bicyclic) bond motifs is 2. The molecular formula is C22H28N6. The smallest absolute Gasteiger partial charge is 0.254 e. The Hall–Kier alpha value is -2.63. The largest absolute Gasteiger partial charge is 0.368 e. The van der Waals surface area contributed by atoms with Crippen molar-refractivity contribution in [2.45, 2.75) is 46.5 Å². The van der Waals surface area contributed by atoms with E-state index < -0.39 is 0 Å². The van der Waals surface area contributed by atoms with Crippen LogP contribution in [0.1, 0.15) is 41.1 Å². The first-order valence-corrected chi connectivity index (χ1v) is 10.4. The fourth-order valence-corrected chi connectivity index (χ4v) is 4.76. The standard InChI is InChI=1S/C22H28N6/c1-15-8-9-20(16(2)14-15)26-10-12-27(13-11-26)21-18-6-4-5-7-19(18)24-22-23-17(3)25-28(21)22/h8-9,14H,4-7,10-13H2,1-3H3. The van der Waals surface area contributed by atoms with Crippen molar-refractivity contribution in [3.8, 4) is 0 Å². The van der Waals surface area contributed by atoms with Crippen molar-refractivity contribution < 1.29 is 0 Å². The van der Waals surface area contributed by atoms with E-state index in [1.165, 1.54) is 46.7 Å². The van der Waals surface area contributed by atoms with Crippen LogP contribution >= 0.6 is 0 Å². The summed E-state index contributed by atoms with van der Waals surface area (Å²) >= 11 is 0. The summed E-state index contributed by atoms with van der Waals surface area (Å²) in [6.45, 7) is 10.4. The highest BCUT2D eigenvalue weighted by molar-refractivity contribution is 5.59. The molecule has 2 aliphatic rings. The van der Waals surface area contributed by atoms with Crippen LogP contribution in [0.4, 0.5) is 11.5 Å². The number of hydrogen-bond acceptors (Lipinski definition) is 5. The summed E-state index contributed by atoms with van der Waals surface area (Å²) in [5, 5.41) is 4.69. The highest BCUT2D eigenvalue weighted by Gasteiger charge is 2.27. The molecule has 1 aliphatic heterocycles. The first kappa shape index (κ1) is 17.5. The molecule has 1 aliphatic carbocycles. The van der Waals surface area contributed by atoms with Crippen LogP contribution in [0.2, 0.25) is 0 Å². The molecule has 5 rings (SSSR count). The zero-order valence-corrected chi connectivity index (χ0v) is 17.1. The molecule has 0 radical (unpaired) electrons. The highest BCUT2D eigenvalue weighted by atomic mass is 15.4. The first-order chi connectivity index (χ1) is 13.6. The Balaban J connectivity index is 1.47. The quantitative estimate of drug-likeness (QED) is 0.687. The van der Waals surface area contributed by atoms with Crippen LogP contribution in [0, 0.1) is 20.8 Å². The molecule has 6 heteroatoms. The number of nitrogens with zero attached hydrogens (tertiary/aromatic N) is 6. The summed E-state index contributed by atoms with van der Waals surface area (Å²) in [5.74, 6) is 2.79. The Labute approximate surface area is 166 Å². The summed E-state index contributed by atoms with van der Waals surface area (Å²) in [5.41, 5.74) is 6.68. The van der Waals surface area contributed by atoms with Gasteiger partial charge in [0, 0.05) is 37.4 Å².